The normalized spacial score (nSPS) is 26.5. The Kier molecular flexibility index (Phi) is 2.81. The molecule has 5 heteroatoms. The predicted octanol–water partition coefficient (Wildman–Crippen LogP) is 1.04. The first kappa shape index (κ1) is 9.19. The van der Waals surface area contributed by atoms with Crippen molar-refractivity contribution in [1.29, 1.82) is 0 Å². The minimum absolute atomic E-state index is 0. The Balaban J connectivity index is 0.000000720. The fourth-order valence-corrected chi connectivity index (χ4v) is 1.36. The van der Waals surface area contributed by atoms with Gasteiger partial charge in [0.2, 0.25) is 0 Å². The van der Waals surface area contributed by atoms with Gasteiger partial charge in [0.05, 0.1) is 0 Å². The number of piperidine rings is 1. The minimum Gasteiger partial charge on any atom is -0.386 e. The van der Waals surface area contributed by atoms with Gasteiger partial charge in [0.25, 0.3) is 5.91 Å². The second kappa shape index (κ2) is 3.67. The van der Waals surface area contributed by atoms with Crippen molar-refractivity contribution in [3.8, 4) is 0 Å². The molecule has 1 fully saturated rings. The van der Waals surface area contributed by atoms with Crippen LogP contribution in [0.2, 0.25) is 0 Å². The summed E-state index contributed by atoms with van der Waals surface area (Å²) in [6.07, 6.45) is 3.65. The van der Waals surface area contributed by atoms with Gasteiger partial charge in [-0.15, -0.1) is 17.5 Å². The zero-order chi connectivity index (χ0) is 7.68. The standard InChI is InChI=1S/C7H9N3O.ClH/c11-7-4-6-5(9-10-7)2-1-3-8-6;/h4-5,8H,1-3H2;1H. The molecule has 0 aromatic rings. The van der Waals surface area contributed by atoms with Crippen LogP contribution in [0.1, 0.15) is 12.8 Å². The first-order chi connectivity index (χ1) is 5.36. The quantitative estimate of drug-likeness (QED) is 0.616. The summed E-state index contributed by atoms with van der Waals surface area (Å²) in [5.41, 5.74) is 0.941. The van der Waals surface area contributed by atoms with E-state index in [9.17, 15) is 4.79 Å². The molecule has 66 valence electrons. The van der Waals surface area contributed by atoms with E-state index in [0.29, 0.717) is 0 Å². The number of amides is 1. The molecule has 0 aromatic carbocycles. The van der Waals surface area contributed by atoms with Crippen molar-refractivity contribution in [2.45, 2.75) is 18.9 Å². The summed E-state index contributed by atoms with van der Waals surface area (Å²) in [7, 11) is 0. The van der Waals surface area contributed by atoms with Crippen molar-refractivity contribution in [2.75, 3.05) is 6.54 Å². The molecule has 1 atom stereocenters. The fourth-order valence-electron chi connectivity index (χ4n) is 1.36. The molecule has 2 heterocycles. The molecule has 1 N–H and O–H groups in total. The number of carbonyl (C=O) groups excluding carboxylic acids is 1. The molecule has 2 rings (SSSR count). The van der Waals surface area contributed by atoms with Crippen molar-refractivity contribution < 1.29 is 4.79 Å². The lowest BCUT2D eigenvalue weighted by molar-refractivity contribution is -0.114. The number of halogens is 1. The maximum atomic E-state index is 10.7. The van der Waals surface area contributed by atoms with Crippen LogP contribution < -0.4 is 5.32 Å². The SMILES string of the molecule is Cl.O=C1C=C2NCCCC2N=N1. The highest BCUT2D eigenvalue weighted by Gasteiger charge is 2.21. The first-order valence-corrected chi connectivity index (χ1v) is 3.76. The highest BCUT2D eigenvalue weighted by atomic mass is 35.5. The third-order valence-corrected chi connectivity index (χ3v) is 1.92. The van der Waals surface area contributed by atoms with Crippen molar-refractivity contribution >= 4 is 18.3 Å². The van der Waals surface area contributed by atoms with Crippen molar-refractivity contribution in [2.24, 2.45) is 10.2 Å². The van der Waals surface area contributed by atoms with E-state index in [2.05, 4.69) is 15.5 Å². The van der Waals surface area contributed by atoms with Gasteiger partial charge in [-0.25, -0.2) is 0 Å². The third kappa shape index (κ3) is 1.64. The summed E-state index contributed by atoms with van der Waals surface area (Å²) in [5, 5.41) is 10.5. The van der Waals surface area contributed by atoms with Crippen LogP contribution in [0, 0.1) is 0 Å². The Labute approximate surface area is 76.5 Å². The minimum atomic E-state index is -0.245. The summed E-state index contributed by atoms with van der Waals surface area (Å²) < 4.78 is 0. The van der Waals surface area contributed by atoms with Crippen molar-refractivity contribution in [1.82, 2.24) is 5.32 Å². The lowest BCUT2D eigenvalue weighted by atomic mass is 10.0. The van der Waals surface area contributed by atoms with Crippen LogP contribution in [0.5, 0.6) is 0 Å². The molecule has 1 amide bonds. The molecule has 12 heavy (non-hydrogen) atoms. The molecule has 1 saturated heterocycles. The Morgan fingerprint density at radius 1 is 1.58 bits per heavy atom. The topological polar surface area (TPSA) is 53.8 Å². The molecule has 0 saturated carbocycles. The second-order valence-corrected chi connectivity index (χ2v) is 2.74. The average molecular weight is 188 g/mol. The number of azo groups is 1. The van der Waals surface area contributed by atoms with Crippen LogP contribution >= 0.6 is 12.4 Å². The number of rotatable bonds is 0. The number of nitrogens with zero attached hydrogens (tertiary/aromatic N) is 2. The van der Waals surface area contributed by atoms with Gasteiger partial charge in [0.1, 0.15) is 6.04 Å². The number of carbonyl (C=O) groups is 1. The monoisotopic (exact) mass is 187 g/mol. The number of hydrogen-bond donors (Lipinski definition) is 1. The zero-order valence-corrected chi connectivity index (χ0v) is 7.30. The Bertz CT molecular complexity index is 249. The lowest BCUT2D eigenvalue weighted by Crippen LogP contribution is -2.32. The molecule has 0 radical (unpaired) electrons. The first-order valence-electron chi connectivity index (χ1n) is 3.76. The Hall–Kier alpha value is -0.900. The van der Waals surface area contributed by atoms with Crippen LogP contribution in [0.15, 0.2) is 22.0 Å². The molecule has 2 aliphatic heterocycles. The van der Waals surface area contributed by atoms with Gasteiger partial charge in [-0.2, -0.15) is 5.11 Å². The van der Waals surface area contributed by atoms with E-state index in [1.165, 1.54) is 6.08 Å². The number of nitrogens with one attached hydrogen (secondary N) is 1. The molecule has 0 aliphatic carbocycles. The highest BCUT2D eigenvalue weighted by molar-refractivity contribution is 5.89. The largest absolute Gasteiger partial charge is 0.386 e. The summed E-state index contributed by atoms with van der Waals surface area (Å²) in [5.74, 6) is -0.245. The van der Waals surface area contributed by atoms with Gasteiger partial charge in [0, 0.05) is 18.3 Å². The molecular weight excluding hydrogens is 178 g/mol. The number of fused-ring (bicyclic) bond motifs is 1. The van der Waals surface area contributed by atoms with Gasteiger partial charge in [-0.05, 0) is 12.8 Å². The molecule has 1 unspecified atom stereocenters. The van der Waals surface area contributed by atoms with E-state index in [0.717, 1.165) is 25.1 Å². The van der Waals surface area contributed by atoms with Gasteiger partial charge in [-0.1, -0.05) is 0 Å². The van der Waals surface area contributed by atoms with E-state index >= 15 is 0 Å². The van der Waals surface area contributed by atoms with Gasteiger partial charge in [-0.3, -0.25) is 4.79 Å². The maximum Gasteiger partial charge on any atom is 0.289 e. The third-order valence-electron chi connectivity index (χ3n) is 1.92. The molecule has 0 aromatic heterocycles. The van der Waals surface area contributed by atoms with Gasteiger partial charge in [0.15, 0.2) is 0 Å². The van der Waals surface area contributed by atoms with Crippen LogP contribution in [-0.2, 0) is 4.79 Å². The van der Waals surface area contributed by atoms with E-state index in [1.807, 2.05) is 0 Å². The lowest BCUT2D eigenvalue weighted by Gasteiger charge is -2.23. The highest BCUT2D eigenvalue weighted by Crippen LogP contribution is 2.18. The molecular formula is C7H10ClN3O. The molecule has 0 spiro atoms. The summed E-state index contributed by atoms with van der Waals surface area (Å²) in [6.45, 7) is 0.950. The summed E-state index contributed by atoms with van der Waals surface area (Å²) in [4.78, 5) is 10.7. The van der Waals surface area contributed by atoms with E-state index in [-0.39, 0.29) is 24.4 Å². The van der Waals surface area contributed by atoms with Crippen molar-refractivity contribution in [3.05, 3.63) is 11.8 Å². The molecule has 4 nitrogen and oxygen atoms in total. The van der Waals surface area contributed by atoms with Crippen LogP contribution in [0.25, 0.3) is 0 Å². The molecule has 0 bridgehead atoms. The predicted molar refractivity (Wildman–Crippen MR) is 46.2 cm³/mol. The second-order valence-electron chi connectivity index (χ2n) is 2.74. The van der Waals surface area contributed by atoms with Crippen LogP contribution in [-0.4, -0.2) is 18.5 Å². The van der Waals surface area contributed by atoms with Crippen LogP contribution in [0.4, 0.5) is 0 Å². The molecule has 2 aliphatic rings. The van der Waals surface area contributed by atoms with Gasteiger partial charge < -0.3 is 5.32 Å². The summed E-state index contributed by atoms with van der Waals surface area (Å²) >= 11 is 0. The summed E-state index contributed by atoms with van der Waals surface area (Å²) in [6, 6.07) is 0.126. The number of hydrogen-bond acceptors (Lipinski definition) is 3. The Morgan fingerprint density at radius 3 is 3.25 bits per heavy atom. The van der Waals surface area contributed by atoms with Crippen LogP contribution in [0.3, 0.4) is 0 Å². The van der Waals surface area contributed by atoms with Crippen molar-refractivity contribution in [3.63, 3.8) is 0 Å². The van der Waals surface area contributed by atoms with E-state index in [1.54, 1.807) is 0 Å². The van der Waals surface area contributed by atoms with E-state index < -0.39 is 0 Å². The maximum absolute atomic E-state index is 10.7. The fraction of sp³-hybridized carbons (Fsp3) is 0.571. The van der Waals surface area contributed by atoms with Gasteiger partial charge >= 0.3 is 0 Å². The average Bonchev–Trinajstić information content (AvgIpc) is 2.04. The Morgan fingerprint density at radius 2 is 2.42 bits per heavy atom. The van der Waals surface area contributed by atoms with E-state index in [4.69, 9.17) is 0 Å². The smallest absolute Gasteiger partial charge is 0.289 e. The zero-order valence-electron chi connectivity index (χ0n) is 6.49.